The van der Waals surface area contributed by atoms with Crippen LogP contribution in [0.15, 0.2) is 24.3 Å². The van der Waals surface area contributed by atoms with Crippen molar-refractivity contribution < 1.29 is 31.8 Å². The SMILES string of the molecule is CC(CO)(NCC(F)(F)F)c1ccc(OC(F)F)cc1. The second kappa shape index (κ2) is 6.36. The molecule has 1 unspecified atom stereocenters. The largest absolute Gasteiger partial charge is 0.435 e. The Morgan fingerprint density at radius 3 is 2.15 bits per heavy atom. The molecule has 0 fully saturated rings. The van der Waals surface area contributed by atoms with Crippen LogP contribution in [-0.4, -0.2) is 31.0 Å². The van der Waals surface area contributed by atoms with Crippen LogP contribution in [0.25, 0.3) is 0 Å². The van der Waals surface area contributed by atoms with E-state index in [0.717, 1.165) is 0 Å². The number of hydrogen-bond donors (Lipinski definition) is 2. The number of aliphatic hydroxyl groups is 1. The van der Waals surface area contributed by atoms with E-state index in [1.165, 1.54) is 31.2 Å². The van der Waals surface area contributed by atoms with E-state index >= 15 is 0 Å². The number of aliphatic hydroxyl groups excluding tert-OH is 1. The van der Waals surface area contributed by atoms with Crippen molar-refractivity contribution in [2.45, 2.75) is 25.3 Å². The predicted octanol–water partition coefficient (Wildman–Crippen LogP) is 2.65. The number of alkyl halides is 5. The molecule has 20 heavy (non-hydrogen) atoms. The Kier molecular flexibility index (Phi) is 5.29. The van der Waals surface area contributed by atoms with Gasteiger partial charge in [-0.2, -0.15) is 22.0 Å². The molecule has 1 aromatic carbocycles. The van der Waals surface area contributed by atoms with E-state index in [-0.39, 0.29) is 5.75 Å². The molecule has 1 atom stereocenters. The van der Waals surface area contributed by atoms with Gasteiger partial charge in [-0.15, -0.1) is 0 Å². The molecule has 0 bridgehead atoms. The van der Waals surface area contributed by atoms with E-state index in [1.807, 2.05) is 0 Å². The third kappa shape index (κ3) is 4.93. The summed E-state index contributed by atoms with van der Waals surface area (Å²) in [4.78, 5) is 0. The van der Waals surface area contributed by atoms with Gasteiger partial charge in [0.1, 0.15) is 5.75 Å². The fourth-order valence-electron chi connectivity index (χ4n) is 1.55. The van der Waals surface area contributed by atoms with Crippen molar-refractivity contribution in [2.24, 2.45) is 0 Å². The van der Waals surface area contributed by atoms with Crippen LogP contribution in [-0.2, 0) is 5.54 Å². The Labute approximate surface area is 112 Å². The Bertz CT molecular complexity index is 421. The number of nitrogens with one attached hydrogen (secondary N) is 1. The first-order chi connectivity index (χ1) is 9.16. The lowest BCUT2D eigenvalue weighted by molar-refractivity contribution is -0.129. The van der Waals surface area contributed by atoms with Crippen molar-refractivity contribution in [3.05, 3.63) is 29.8 Å². The predicted molar refractivity (Wildman–Crippen MR) is 61.6 cm³/mol. The molecule has 114 valence electrons. The molecule has 8 heteroatoms. The molecule has 0 aliphatic rings. The topological polar surface area (TPSA) is 41.5 Å². The first kappa shape index (κ1) is 16.6. The molecule has 0 saturated carbocycles. The third-order valence-corrected chi connectivity index (χ3v) is 2.71. The molecule has 0 aliphatic carbocycles. The molecule has 0 radical (unpaired) electrons. The van der Waals surface area contributed by atoms with Crippen molar-refractivity contribution >= 4 is 0 Å². The minimum Gasteiger partial charge on any atom is -0.435 e. The van der Waals surface area contributed by atoms with Gasteiger partial charge in [0.25, 0.3) is 0 Å². The molecule has 0 heterocycles. The fourth-order valence-corrected chi connectivity index (χ4v) is 1.55. The van der Waals surface area contributed by atoms with Gasteiger partial charge in [0.2, 0.25) is 0 Å². The molecule has 2 N–H and O–H groups in total. The summed E-state index contributed by atoms with van der Waals surface area (Å²) in [6.07, 6.45) is -4.42. The van der Waals surface area contributed by atoms with Crippen molar-refractivity contribution in [3.63, 3.8) is 0 Å². The number of rotatable bonds is 6. The van der Waals surface area contributed by atoms with Crippen LogP contribution >= 0.6 is 0 Å². The zero-order chi connectivity index (χ0) is 15.4. The molecule has 0 aliphatic heterocycles. The van der Waals surface area contributed by atoms with Crippen LogP contribution in [0.4, 0.5) is 22.0 Å². The normalized spacial score (nSPS) is 15.2. The summed E-state index contributed by atoms with van der Waals surface area (Å²) in [6, 6.07) is 5.03. The maximum Gasteiger partial charge on any atom is 0.401 e. The van der Waals surface area contributed by atoms with Crippen LogP contribution in [0.3, 0.4) is 0 Å². The van der Waals surface area contributed by atoms with Crippen LogP contribution in [0.2, 0.25) is 0 Å². The van der Waals surface area contributed by atoms with Gasteiger partial charge >= 0.3 is 12.8 Å². The number of benzene rings is 1. The third-order valence-electron chi connectivity index (χ3n) is 2.71. The van der Waals surface area contributed by atoms with E-state index < -0.39 is 31.5 Å². The van der Waals surface area contributed by atoms with Crippen LogP contribution in [0, 0.1) is 0 Å². The Morgan fingerprint density at radius 1 is 1.20 bits per heavy atom. The highest BCUT2D eigenvalue weighted by atomic mass is 19.4. The highest BCUT2D eigenvalue weighted by molar-refractivity contribution is 5.31. The van der Waals surface area contributed by atoms with Crippen molar-refractivity contribution in [2.75, 3.05) is 13.2 Å². The summed E-state index contributed by atoms with van der Waals surface area (Å²) in [6.45, 7) is -3.47. The van der Waals surface area contributed by atoms with Gasteiger partial charge in [-0.3, -0.25) is 5.32 Å². The lowest BCUT2D eigenvalue weighted by Crippen LogP contribution is -2.47. The van der Waals surface area contributed by atoms with E-state index in [2.05, 4.69) is 10.1 Å². The smallest absolute Gasteiger partial charge is 0.401 e. The van der Waals surface area contributed by atoms with Gasteiger partial charge in [0.05, 0.1) is 18.7 Å². The number of hydrogen-bond acceptors (Lipinski definition) is 3. The highest BCUT2D eigenvalue weighted by Gasteiger charge is 2.33. The molecule has 0 spiro atoms. The maximum absolute atomic E-state index is 12.2. The maximum atomic E-state index is 12.2. The van der Waals surface area contributed by atoms with Crippen molar-refractivity contribution in [1.29, 1.82) is 0 Å². The Balaban J connectivity index is 2.83. The molecule has 0 amide bonds. The first-order valence-corrected chi connectivity index (χ1v) is 5.64. The second-order valence-corrected chi connectivity index (χ2v) is 4.36. The van der Waals surface area contributed by atoms with Crippen molar-refractivity contribution in [1.82, 2.24) is 5.32 Å². The molecule has 0 saturated heterocycles. The lowest BCUT2D eigenvalue weighted by Gasteiger charge is -2.30. The van der Waals surface area contributed by atoms with Gasteiger partial charge in [-0.05, 0) is 24.6 Å². The monoisotopic (exact) mass is 299 g/mol. The van der Waals surface area contributed by atoms with Crippen LogP contribution in [0.5, 0.6) is 5.75 Å². The summed E-state index contributed by atoms with van der Waals surface area (Å²) in [5, 5.41) is 11.5. The summed E-state index contributed by atoms with van der Waals surface area (Å²) < 4.78 is 64.7. The molecule has 0 aromatic heterocycles. The minimum absolute atomic E-state index is 0.111. The molecular formula is C12H14F5NO2. The van der Waals surface area contributed by atoms with Crippen LogP contribution in [0.1, 0.15) is 12.5 Å². The van der Waals surface area contributed by atoms with E-state index in [0.29, 0.717) is 5.56 Å². The standard InChI is InChI=1S/C12H14F5NO2/c1-11(7-19,18-6-12(15,16)17)8-2-4-9(5-3-8)20-10(13)14/h2-5,10,18-19H,6-7H2,1H3. The molecular weight excluding hydrogens is 285 g/mol. The Hall–Kier alpha value is -1.41. The zero-order valence-corrected chi connectivity index (χ0v) is 10.5. The number of halogens is 5. The average Bonchev–Trinajstić information content (AvgIpc) is 2.35. The van der Waals surface area contributed by atoms with E-state index in [4.69, 9.17) is 0 Å². The van der Waals surface area contributed by atoms with Gasteiger partial charge < -0.3 is 9.84 Å². The molecule has 1 rings (SSSR count). The van der Waals surface area contributed by atoms with Gasteiger partial charge in [0, 0.05) is 0 Å². The van der Waals surface area contributed by atoms with Crippen LogP contribution < -0.4 is 10.1 Å². The summed E-state index contributed by atoms with van der Waals surface area (Å²) >= 11 is 0. The molecule has 3 nitrogen and oxygen atoms in total. The highest BCUT2D eigenvalue weighted by Crippen LogP contribution is 2.25. The summed E-state index contributed by atoms with van der Waals surface area (Å²) in [5.74, 6) is -0.111. The van der Waals surface area contributed by atoms with E-state index in [1.54, 1.807) is 0 Å². The molecule has 1 aromatic rings. The van der Waals surface area contributed by atoms with Gasteiger partial charge in [-0.1, -0.05) is 12.1 Å². The van der Waals surface area contributed by atoms with Gasteiger partial charge in [-0.25, -0.2) is 0 Å². The second-order valence-electron chi connectivity index (χ2n) is 4.36. The average molecular weight is 299 g/mol. The quantitative estimate of drug-likeness (QED) is 0.794. The fraction of sp³-hybridized carbons (Fsp3) is 0.500. The zero-order valence-electron chi connectivity index (χ0n) is 10.5. The lowest BCUT2D eigenvalue weighted by atomic mass is 9.93. The van der Waals surface area contributed by atoms with E-state index in [9.17, 15) is 27.1 Å². The Morgan fingerprint density at radius 2 is 1.75 bits per heavy atom. The van der Waals surface area contributed by atoms with Crippen molar-refractivity contribution in [3.8, 4) is 5.75 Å². The minimum atomic E-state index is -4.42. The number of ether oxygens (including phenoxy) is 1. The summed E-state index contributed by atoms with van der Waals surface area (Å²) in [5.41, 5.74) is -1.01. The summed E-state index contributed by atoms with van der Waals surface area (Å²) in [7, 11) is 0. The van der Waals surface area contributed by atoms with Gasteiger partial charge in [0.15, 0.2) is 0 Å². The first-order valence-electron chi connectivity index (χ1n) is 5.64.